The predicted molar refractivity (Wildman–Crippen MR) is 60.0 cm³/mol. The number of rotatable bonds is 3. The number of hydrogen-bond acceptors (Lipinski definition) is 1. The molecule has 1 nitrogen and oxygen atoms in total. The summed E-state index contributed by atoms with van der Waals surface area (Å²) >= 11 is 0. The molecule has 0 spiro atoms. The minimum Gasteiger partial charge on any atom is -0.295 e. The van der Waals surface area contributed by atoms with Crippen molar-refractivity contribution in [3.8, 4) is 0 Å². The molecule has 14 heavy (non-hydrogen) atoms. The predicted octanol–water partition coefficient (Wildman–Crippen LogP) is 3.37. The Balaban J connectivity index is 2.55. The van der Waals surface area contributed by atoms with Gasteiger partial charge in [0, 0.05) is 0 Å². The fourth-order valence-electron chi connectivity index (χ4n) is 1.90. The van der Waals surface area contributed by atoms with Gasteiger partial charge in [-0.05, 0) is 36.7 Å². The van der Waals surface area contributed by atoms with Gasteiger partial charge >= 0.3 is 0 Å². The van der Waals surface area contributed by atoms with Crippen LogP contribution in [-0.4, -0.2) is 5.78 Å². The van der Waals surface area contributed by atoms with Crippen LogP contribution in [0.5, 0.6) is 0 Å². The van der Waals surface area contributed by atoms with E-state index in [1.165, 1.54) is 0 Å². The van der Waals surface area contributed by atoms with Gasteiger partial charge in [-0.1, -0.05) is 39.0 Å². The number of allylic oxidation sites excluding steroid dienone is 4. The number of carbonyl (C=O) groups is 1. The van der Waals surface area contributed by atoms with Crippen molar-refractivity contribution in [1.82, 2.24) is 0 Å². The molecule has 1 aliphatic carbocycles. The molecule has 0 aliphatic heterocycles. The molecule has 0 aromatic rings. The third-order valence-electron chi connectivity index (χ3n) is 3.50. The van der Waals surface area contributed by atoms with Gasteiger partial charge in [-0.25, -0.2) is 0 Å². The number of hydrogen-bond donors (Lipinski definition) is 0. The second-order valence-electron chi connectivity index (χ2n) is 4.85. The lowest BCUT2D eigenvalue weighted by atomic mass is 9.74. The molecule has 0 N–H and O–H groups in total. The van der Waals surface area contributed by atoms with E-state index in [1.807, 2.05) is 6.08 Å². The molecule has 0 fully saturated rings. The van der Waals surface area contributed by atoms with Crippen LogP contribution >= 0.6 is 0 Å². The van der Waals surface area contributed by atoms with Gasteiger partial charge in [-0.15, -0.1) is 0 Å². The van der Waals surface area contributed by atoms with Crippen LogP contribution in [-0.2, 0) is 4.79 Å². The van der Waals surface area contributed by atoms with Gasteiger partial charge in [0.25, 0.3) is 0 Å². The van der Waals surface area contributed by atoms with Crippen LogP contribution in [0, 0.1) is 17.3 Å². The van der Waals surface area contributed by atoms with Crippen LogP contribution < -0.4 is 0 Å². The van der Waals surface area contributed by atoms with Crippen molar-refractivity contribution in [3.63, 3.8) is 0 Å². The highest BCUT2D eigenvalue weighted by Crippen LogP contribution is 2.43. The SMILES string of the molecule is CC(=O)/C=C/CC1C=CC(C)C1(C)C. The highest BCUT2D eigenvalue weighted by Gasteiger charge is 2.35. The Morgan fingerprint density at radius 3 is 2.50 bits per heavy atom. The van der Waals surface area contributed by atoms with Gasteiger partial charge in [0.15, 0.2) is 5.78 Å². The summed E-state index contributed by atoms with van der Waals surface area (Å²) in [6.07, 6.45) is 9.22. The van der Waals surface area contributed by atoms with Gasteiger partial charge in [-0.2, -0.15) is 0 Å². The van der Waals surface area contributed by atoms with Gasteiger partial charge in [-0.3, -0.25) is 4.79 Å². The molecule has 2 atom stereocenters. The van der Waals surface area contributed by atoms with Gasteiger partial charge in [0.05, 0.1) is 0 Å². The molecule has 0 radical (unpaired) electrons. The fraction of sp³-hybridized carbons (Fsp3) is 0.615. The third kappa shape index (κ3) is 2.34. The number of ketones is 1. The normalized spacial score (nSPS) is 30.0. The summed E-state index contributed by atoms with van der Waals surface area (Å²) in [5, 5.41) is 0. The molecular formula is C13H20O. The first-order valence-corrected chi connectivity index (χ1v) is 5.30. The summed E-state index contributed by atoms with van der Waals surface area (Å²) in [4.78, 5) is 10.7. The monoisotopic (exact) mass is 192 g/mol. The van der Waals surface area contributed by atoms with Gasteiger partial charge < -0.3 is 0 Å². The van der Waals surface area contributed by atoms with E-state index in [9.17, 15) is 4.79 Å². The highest BCUT2D eigenvalue weighted by molar-refractivity contribution is 5.87. The van der Waals surface area contributed by atoms with Crippen molar-refractivity contribution in [2.24, 2.45) is 17.3 Å². The Kier molecular flexibility index (Phi) is 3.30. The van der Waals surface area contributed by atoms with Crippen LogP contribution in [0.15, 0.2) is 24.3 Å². The average molecular weight is 192 g/mol. The zero-order chi connectivity index (χ0) is 10.8. The summed E-state index contributed by atoms with van der Waals surface area (Å²) in [6.45, 7) is 8.44. The first kappa shape index (κ1) is 11.2. The standard InChI is InChI=1S/C13H20O/c1-10-8-9-12(13(10,3)4)7-5-6-11(2)14/h5-6,8-10,12H,7H2,1-4H3/b6-5+. The summed E-state index contributed by atoms with van der Waals surface area (Å²) in [7, 11) is 0. The Morgan fingerprint density at radius 2 is 2.07 bits per heavy atom. The van der Waals surface area contributed by atoms with Crippen molar-refractivity contribution < 1.29 is 4.79 Å². The van der Waals surface area contributed by atoms with Crippen molar-refractivity contribution >= 4 is 5.78 Å². The fourth-order valence-corrected chi connectivity index (χ4v) is 1.90. The Labute approximate surface area is 86.9 Å². The molecule has 0 saturated carbocycles. The maximum Gasteiger partial charge on any atom is 0.152 e. The van der Waals surface area contributed by atoms with E-state index in [0.717, 1.165) is 6.42 Å². The molecule has 1 heteroatoms. The Hall–Kier alpha value is -0.850. The zero-order valence-corrected chi connectivity index (χ0v) is 9.58. The van der Waals surface area contributed by atoms with E-state index >= 15 is 0 Å². The lowest BCUT2D eigenvalue weighted by Crippen LogP contribution is -2.23. The molecule has 1 aliphatic rings. The third-order valence-corrected chi connectivity index (χ3v) is 3.50. The van der Waals surface area contributed by atoms with Crippen molar-refractivity contribution in [2.45, 2.75) is 34.1 Å². The quantitative estimate of drug-likeness (QED) is 0.495. The second kappa shape index (κ2) is 4.12. The topological polar surface area (TPSA) is 17.1 Å². The molecule has 0 aromatic heterocycles. The van der Waals surface area contributed by atoms with Crippen molar-refractivity contribution in [2.75, 3.05) is 0 Å². The molecule has 0 saturated heterocycles. The molecule has 78 valence electrons. The van der Waals surface area contributed by atoms with Crippen LogP contribution in [0.4, 0.5) is 0 Å². The lowest BCUT2D eigenvalue weighted by Gasteiger charge is -2.30. The maximum absolute atomic E-state index is 10.7. The second-order valence-corrected chi connectivity index (χ2v) is 4.85. The van der Waals surface area contributed by atoms with E-state index in [-0.39, 0.29) is 5.78 Å². The smallest absolute Gasteiger partial charge is 0.152 e. The minimum atomic E-state index is 0.137. The lowest BCUT2D eigenvalue weighted by molar-refractivity contribution is -0.112. The van der Waals surface area contributed by atoms with Crippen molar-refractivity contribution in [1.29, 1.82) is 0 Å². The van der Waals surface area contributed by atoms with Crippen LogP contribution in [0.2, 0.25) is 0 Å². The van der Waals surface area contributed by atoms with E-state index in [0.29, 0.717) is 17.3 Å². The van der Waals surface area contributed by atoms with E-state index in [4.69, 9.17) is 0 Å². The summed E-state index contributed by atoms with van der Waals surface area (Å²) in [5.74, 6) is 1.35. The molecule has 2 unspecified atom stereocenters. The van der Waals surface area contributed by atoms with E-state index < -0.39 is 0 Å². The minimum absolute atomic E-state index is 0.137. The Bertz CT molecular complexity index is 271. The molecule has 0 aromatic carbocycles. The van der Waals surface area contributed by atoms with Crippen LogP contribution in [0.3, 0.4) is 0 Å². The largest absolute Gasteiger partial charge is 0.295 e. The summed E-state index contributed by atoms with van der Waals surface area (Å²) in [5.41, 5.74) is 0.334. The van der Waals surface area contributed by atoms with E-state index in [1.54, 1.807) is 13.0 Å². The molecule has 0 bridgehead atoms. The molecule has 0 amide bonds. The van der Waals surface area contributed by atoms with Gasteiger partial charge in [0.1, 0.15) is 0 Å². The average Bonchev–Trinajstić information content (AvgIpc) is 2.30. The van der Waals surface area contributed by atoms with E-state index in [2.05, 4.69) is 32.9 Å². The molecule has 1 rings (SSSR count). The zero-order valence-electron chi connectivity index (χ0n) is 9.58. The first-order valence-electron chi connectivity index (χ1n) is 5.30. The Morgan fingerprint density at radius 1 is 1.43 bits per heavy atom. The highest BCUT2D eigenvalue weighted by atomic mass is 16.1. The van der Waals surface area contributed by atoms with Crippen molar-refractivity contribution in [3.05, 3.63) is 24.3 Å². The summed E-state index contributed by atoms with van der Waals surface area (Å²) < 4.78 is 0. The summed E-state index contributed by atoms with van der Waals surface area (Å²) in [6, 6.07) is 0. The first-order chi connectivity index (χ1) is 6.44. The van der Waals surface area contributed by atoms with Crippen LogP contribution in [0.25, 0.3) is 0 Å². The van der Waals surface area contributed by atoms with Crippen LogP contribution in [0.1, 0.15) is 34.1 Å². The maximum atomic E-state index is 10.7. The molecular weight excluding hydrogens is 172 g/mol. The number of carbonyl (C=O) groups excluding carboxylic acids is 1. The van der Waals surface area contributed by atoms with Gasteiger partial charge in [0.2, 0.25) is 0 Å². The molecule has 0 heterocycles.